The third kappa shape index (κ3) is 2.43. The van der Waals surface area contributed by atoms with Crippen LogP contribution in [-0.4, -0.2) is 35.3 Å². The lowest BCUT2D eigenvalue weighted by Gasteiger charge is -2.17. The number of nitrogens with one attached hydrogen (secondary N) is 1. The van der Waals surface area contributed by atoms with Gasteiger partial charge in [0.2, 0.25) is 0 Å². The van der Waals surface area contributed by atoms with Crippen LogP contribution in [0.1, 0.15) is 49.0 Å². The fourth-order valence-corrected chi connectivity index (χ4v) is 2.33. The maximum atomic E-state index is 12.5. The second-order valence-corrected chi connectivity index (χ2v) is 5.37. The lowest BCUT2D eigenvalue weighted by molar-refractivity contribution is 0.0938. The highest BCUT2D eigenvalue weighted by Gasteiger charge is 2.19. The fourth-order valence-electron chi connectivity index (χ4n) is 2.33. The lowest BCUT2D eigenvalue weighted by atomic mass is 10.2. The smallest absolute Gasteiger partial charge is 0.255 e. The summed E-state index contributed by atoms with van der Waals surface area (Å²) in [4.78, 5) is 12.5. The van der Waals surface area contributed by atoms with Gasteiger partial charge in [0.15, 0.2) is 11.5 Å². The Morgan fingerprint density at radius 3 is 2.73 bits per heavy atom. The zero-order valence-electron chi connectivity index (χ0n) is 12.6. The Balaban J connectivity index is 1.85. The van der Waals surface area contributed by atoms with Crippen molar-refractivity contribution in [3.63, 3.8) is 0 Å². The number of pyridine rings is 1. The molecule has 1 atom stereocenters. The molecule has 0 saturated heterocycles. The first kappa shape index (κ1) is 14.2. The minimum Gasteiger partial charge on any atom is -0.342 e. The highest BCUT2D eigenvalue weighted by atomic mass is 16.1. The number of hydrogen-bond donors (Lipinski definition) is 1. The Hall–Kier alpha value is -2.77. The van der Waals surface area contributed by atoms with Gasteiger partial charge in [-0.3, -0.25) is 9.20 Å². The number of nitrogens with zero attached hydrogens (tertiary/aromatic N) is 6. The third-order valence-electron chi connectivity index (χ3n) is 3.46. The molecule has 1 N–H and O–H groups in total. The van der Waals surface area contributed by atoms with Crippen molar-refractivity contribution in [2.75, 3.05) is 0 Å². The number of carbonyl (C=O) groups excluding carboxylic acids is 1. The lowest BCUT2D eigenvalue weighted by Crippen LogP contribution is -2.29. The van der Waals surface area contributed by atoms with Crippen LogP contribution in [0.25, 0.3) is 5.65 Å². The summed E-state index contributed by atoms with van der Waals surface area (Å²) < 4.78 is 3.64. The quantitative estimate of drug-likeness (QED) is 0.786. The van der Waals surface area contributed by atoms with Crippen molar-refractivity contribution in [3.05, 3.63) is 42.4 Å². The zero-order valence-corrected chi connectivity index (χ0v) is 12.6. The zero-order chi connectivity index (χ0) is 15.7. The first-order valence-electron chi connectivity index (χ1n) is 7.06. The molecule has 8 heteroatoms. The molecule has 1 amide bonds. The molecule has 0 fully saturated rings. The van der Waals surface area contributed by atoms with Crippen LogP contribution in [0.2, 0.25) is 0 Å². The number of rotatable bonds is 4. The van der Waals surface area contributed by atoms with Gasteiger partial charge in [-0.2, -0.15) is 0 Å². The van der Waals surface area contributed by atoms with Gasteiger partial charge < -0.3 is 9.88 Å². The van der Waals surface area contributed by atoms with Crippen LogP contribution in [0.15, 0.2) is 31.0 Å². The summed E-state index contributed by atoms with van der Waals surface area (Å²) >= 11 is 0. The van der Waals surface area contributed by atoms with E-state index in [1.807, 2.05) is 25.3 Å². The van der Waals surface area contributed by atoms with E-state index in [0.717, 1.165) is 5.82 Å². The largest absolute Gasteiger partial charge is 0.342 e. The standard InChI is InChI=1S/C14H17N7O/c1-9(2)21-8-16-18-12(21)10(3)17-14(22)11-5-4-6-20-7-15-19-13(11)20/h4-10H,1-3H3,(H,17,22)/t10-/m1/s1. The SMILES string of the molecule is CC(C)n1cnnc1[C@@H](C)NC(=O)c1cccn2cnnc12. The van der Waals surface area contributed by atoms with E-state index in [2.05, 4.69) is 25.7 Å². The van der Waals surface area contributed by atoms with E-state index in [1.165, 1.54) is 0 Å². The van der Waals surface area contributed by atoms with E-state index in [-0.39, 0.29) is 18.0 Å². The van der Waals surface area contributed by atoms with Crippen molar-refractivity contribution in [3.8, 4) is 0 Å². The molecule has 3 aromatic heterocycles. The van der Waals surface area contributed by atoms with Gasteiger partial charge in [-0.05, 0) is 32.9 Å². The molecule has 22 heavy (non-hydrogen) atoms. The summed E-state index contributed by atoms with van der Waals surface area (Å²) in [5.41, 5.74) is 1.000. The second kappa shape index (κ2) is 5.55. The van der Waals surface area contributed by atoms with Crippen molar-refractivity contribution in [2.24, 2.45) is 0 Å². The van der Waals surface area contributed by atoms with E-state index in [1.54, 1.807) is 35.4 Å². The van der Waals surface area contributed by atoms with E-state index in [4.69, 9.17) is 0 Å². The van der Waals surface area contributed by atoms with Crippen molar-refractivity contribution >= 4 is 11.6 Å². The molecule has 0 unspecified atom stereocenters. The normalized spacial score (nSPS) is 12.7. The monoisotopic (exact) mass is 299 g/mol. The van der Waals surface area contributed by atoms with Gasteiger partial charge in [0, 0.05) is 12.2 Å². The Morgan fingerprint density at radius 1 is 1.18 bits per heavy atom. The minimum atomic E-state index is -0.263. The highest BCUT2D eigenvalue weighted by molar-refractivity contribution is 5.99. The van der Waals surface area contributed by atoms with Crippen LogP contribution in [0.5, 0.6) is 0 Å². The van der Waals surface area contributed by atoms with Crippen molar-refractivity contribution in [1.82, 2.24) is 34.7 Å². The van der Waals surface area contributed by atoms with Crippen molar-refractivity contribution in [1.29, 1.82) is 0 Å². The summed E-state index contributed by atoms with van der Waals surface area (Å²) in [6.45, 7) is 5.96. The number of amides is 1. The number of hydrogen-bond acceptors (Lipinski definition) is 5. The Bertz CT molecular complexity index is 804. The van der Waals surface area contributed by atoms with E-state index in [9.17, 15) is 4.79 Å². The first-order valence-corrected chi connectivity index (χ1v) is 7.06. The topological polar surface area (TPSA) is 90.0 Å². The van der Waals surface area contributed by atoms with Gasteiger partial charge in [0.25, 0.3) is 5.91 Å². The van der Waals surface area contributed by atoms with Gasteiger partial charge >= 0.3 is 0 Å². The Labute approximate surface area is 127 Å². The predicted molar refractivity (Wildman–Crippen MR) is 79.3 cm³/mol. The van der Waals surface area contributed by atoms with Crippen LogP contribution in [0.4, 0.5) is 0 Å². The van der Waals surface area contributed by atoms with E-state index >= 15 is 0 Å². The molecule has 0 spiro atoms. The molecule has 0 aromatic carbocycles. The average molecular weight is 299 g/mol. The van der Waals surface area contributed by atoms with Gasteiger partial charge in [0.1, 0.15) is 12.7 Å². The molecule has 3 rings (SSSR count). The molecule has 0 radical (unpaired) electrons. The molecule has 0 saturated carbocycles. The molecular weight excluding hydrogens is 282 g/mol. The van der Waals surface area contributed by atoms with Gasteiger partial charge in [-0.15, -0.1) is 20.4 Å². The molecule has 3 heterocycles. The van der Waals surface area contributed by atoms with E-state index < -0.39 is 0 Å². The van der Waals surface area contributed by atoms with E-state index in [0.29, 0.717) is 11.2 Å². The van der Waals surface area contributed by atoms with Crippen molar-refractivity contribution in [2.45, 2.75) is 32.9 Å². The van der Waals surface area contributed by atoms with Gasteiger partial charge in [-0.1, -0.05) is 0 Å². The molecule has 0 bridgehead atoms. The Kier molecular flexibility index (Phi) is 3.58. The highest BCUT2D eigenvalue weighted by Crippen LogP contribution is 2.15. The number of carbonyl (C=O) groups is 1. The predicted octanol–water partition coefficient (Wildman–Crippen LogP) is 1.39. The molecule has 3 aromatic rings. The molecule has 0 aliphatic heterocycles. The van der Waals surface area contributed by atoms with Crippen LogP contribution in [-0.2, 0) is 0 Å². The molecular formula is C14H17N7O. The summed E-state index contributed by atoms with van der Waals surface area (Å²) in [6, 6.07) is 3.47. The molecule has 114 valence electrons. The maximum absolute atomic E-state index is 12.5. The molecule has 8 nitrogen and oxygen atoms in total. The van der Waals surface area contributed by atoms with Crippen LogP contribution < -0.4 is 5.32 Å². The fraction of sp³-hybridized carbons (Fsp3) is 0.357. The summed E-state index contributed by atoms with van der Waals surface area (Å²) in [7, 11) is 0. The maximum Gasteiger partial charge on any atom is 0.255 e. The molecule has 0 aliphatic rings. The van der Waals surface area contributed by atoms with Crippen LogP contribution >= 0.6 is 0 Å². The average Bonchev–Trinajstić information content (AvgIpc) is 3.15. The number of aromatic nitrogens is 6. The minimum absolute atomic E-state index is 0.218. The van der Waals surface area contributed by atoms with Crippen LogP contribution in [0, 0.1) is 0 Å². The van der Waals surface area contributed by atoms with Gasteiger partial charge in [-0.25, -0.2) is 0 Å². The second-order valence-electron chi connectivity index (χ2n) is 5.37. The summed E-state index contributed by atoms with van der Waals surface area (Å²) in [6.07, 6.45) is 5.03. The Morgan fingerprint density at radius 2 is 1.95 bits per heavy atom. The summed E-state index contributed by atoms with van der Waals surface area (Å²) in [5, 5.41) is 18.7. The first-order chi connectivity index (χ1) is 10.6. The summed E-state index contributed by atoms with van der Waals surface area (Å²) in [5.74, 6) is 0.501. The number of fused-ring (bicyclic) bond motifs is 1. The third-order valence-corrected chi connectivity index (χ3v) is 3.46. The van der Waals surface area contributed by atoms with Crippen LogP contribution in [0.3, 0.4) is 0 Å². The van der Waals surface area contributed by atoms with Gasteiger partial charge in [0.05, 0.1) is 11.6 Å². The molecule has 0 aliphatic carbocycles. The van der Waals surface area contributed by atoms with Crippen molar-refractivity contribution < 1.29 is 4.79 Å².